The van der Waals surface area contributed by atoms with Crippen LogP contribution in [-0.4, -0.2) is 18.2 Å². The molecule has 20 heavy (non-hydrogen) atoms. The van der Waals surface area contributed by atoms with E-state index >= 15 is 0 Å². The normalized spacial score (nSPS) is 13.9. The number of hydrogen-bond acceptors (Lipinski definition) is 3. The van der Waals surface area contributed by atoms with Crippen LogP contribution in [0, 0.1) is 0 Å². The van der Waals surface area contributed by atoms with Gasteiger partial charge in [0.1, 0.15) is 0 Å². The number of hydrogen-bond donors (Lipinski definition) is 1. The third kappa shape index (κ3) is 2.65. The van der Waals surface area contributed by atoms with E-state index in [1.54, 1.807) is 12.1 Å². The van der Waals surface area contributed by atoms with Crippen molar-refractivity contribution >= 4 is 23.4 Å². The van der Waals surface area contributed by atoms with E-state index in [0.29, 0.717) is 5.56 Å². The summed E-state index contributed by atoms with van der Waals surface area (Å²) in [6.07, 6.45) is 0. The predicted molar refractivity (Wildman–Crippen MR) is 83.2 cm³/mol. The molecule has 3 nitrogen and oxygen atoms in total. The number of para-hydroxylation sites is 1. The highest BCUT2D eigenvalue weighted by Crippen LogP contribution is 2.34. The Balaban J connectivity index is 1.80. The number of primary amides is 1. The average Bonchev–Trinajstić information content (AvgIpc) is 2.48. The molecule has 3 rings (SSSR count). The van der Waals surface area contributed by atoms with E-state index < -0.39 is 0 Å². The molecule has 4 heteroatoms. The molecule has 2 N–H and O–H groups in total. The van der Waals surface area contributed by atoms with Crippen LogP contribution in [0.5, 0.6) is 0 Å². The molecular weight excluding hydrogens is 268 g/mol. The first-order chi connectivity index (χ1) is 9.74. The second-order valence-electron chi connectivity index (χ2n) is 4.80. The lowest BCUT2D eigenvalue weighted by molar-refractivity contribution is 0.100. The lowest BCUT2D eigenvalue weighted by atomic mass is 10.1. The van der Waals surface area contributed by atoms with Crippen LogP contribution >= 0.6 is 11.8 Å². The van der Waals surface area contributed by atoms with Crippen LogP contribution in [0.1, 0.15) is 15.9 Å². The van der Waals surface area contributed by atoms with E-state index in [-0.39, 0.29) is 5.91 Å². The van der Waals surface area contributed by atoms with E-state index in [4.69, 9.17) is 5.73 Å². The Labute approximate surface area is 122 Å². The van der Waals surface area contributed by atoms with Crippen molar-refractivity contribution in [2.24, 2.45) is 5.73 Å². The summed E-state index contributed by atoms with van der Waals surface area (Å²) in [7, 11) is 0. The van der Waals surface area contributed by atoms with Gasteiger partial charge in [-0.3, -0.25) is 4.79 Å². The number of thioether (sulfide) groups is 1. The summed E-state index contributed by atoms with van der Waals surface area (Å²) < 4.78 is 0. The summed E-state index contributed by atoms with van der Waals surface area (Å²) in [5.41, 5.74) is 8.30. The quantitative estimate of drug-likeness (QED) is 0.942. The fraction of sp³-hybridized carbons (Fsp3) is 0.188. The second-order valence-corrected chi connectivity index (χ2v) is 5.94. The van der Waals surface area contributed by atoms with Crippen molar-refractivity contribution in [3.05, 3.63) is 59.7 Å². The number of rotatable bonds is 3. The molecule has 2 aromatic carbocycles. The number of benzene rings is 2. The van der Waals surface area contributed by atoms with Gasteiger partial charge in [0.05, 0.1) is 5.69 Å². The van der Waals surface area contributed by atoms with Crippen LogP contribution in [-0.2, 0) is 6.54 Å². The molecule has 0 bridgehead atoms. The van der Waals surface area contributed by atoms with Gasteiger partial charge in [-0.2, -0.15) is 0 Å². The van der Waals surface area contributed by atoms with Crippen molar-refractivity contribution in [2.45, 2.75) is 11.4 Å². The van der Waals surface area contributed by atoms with Gasteiger partial charge in [-0.25, -0.2) is 0 Å². The summed E-state index contributed by atoms with van der Waals surface area (Å²) in [6, 6.07) is 16.0. The topological polar surface area (TPSA) is 46.3 Å². The molecule has 1 aliphatic rings. The van der Waals surface area contributed by atoms with Gasteiger partial charge in [0.15, 0.2) is 0 Å². The standard InChI is InChI=1S/C16H16N2OS/c17-16(19)13-7-5-12(6-8-13)11-18-9-10-20-15-4-2-1-3-14(15)18/h1-8H,9-11H2,(H2,17,19). The van der Waals surface area contributed by atoms with Gasteiger partial charge in [0.2, 0.25) is 5.91 Å². The van der Waals surface area contributed by atoms with Gasteiger partial charge in [0.25, 0.3) is 0 Å². The zero-order valence-corrected chi connectivity index (χ0v) is 11.9. The third-order valence-electron chi connectivity index (χ3n) is 3.44. The lowest BCUT2D eigenvalue weighted by Gasteiger charge is -2.30. The molecule has 0 saturated heterocycles. The summed E-state index contributed by atoms with van der Waals surface area (Å²) in [4.78, 5) is 14.8. The van der Waals surface area contributed by atoms with Gasteiger partial charge in [0, 0.05) is 29.3 Å². The van der Waals surface area contributed by atoms with Gasteiger partial charge in [-0.1, -0.05) is 24.3 Å². The van der Waals surface area contributed by atoms with Crippen molar-refractivity contribution in [1.82, 2.24) is 0 Å². The highest BCUT2D eigenvalue weighted by Gasteiger charge is 2.16. The van der Waals surface area contributed by atoms with Crippen LogP contribution < -0.4 is 10.6 Å². The first-order valence-electron chi connectivity index (χ1n) is 6.59. The van der Waals surface area contributed by atoms with E-state index in [0.717, 1.165) is 18.8 Å². The van der Waals surface area contributed by atoms with Crippen molar-refractivity contribution in [3.8, 4) is 0 Å². The smallest absolute Gasteiger partial charge is 0.248 e. The monoisotopic (exact) mass is 284 g/mol. The van der Waals surface area contributed by atoms with Gasteiger partial charge in [-0.05, 0) is 29.8 Å². The molecular formula is C16H16N2OS. The molecule has 0 spiro atoms. The van der Waals surface area contributed by atoms with Crippen LogP contribution in [0.25, 0.3) is 0 Å². The fourth-order valence-corrected chi connectivity index (χ4v) is 3.44. The number of nitrogens with zero attached hydrogens (tertiary/aromatic N) is 1. The first-order valence-corrected chi connectivity index (χ1v) is 7.58. The molecule has 2 aromatic rings. The Morgan fingerprint density at radius 2 is 1.90 bits per heavy atom. The summed E-state index contributed by atoms with van der Waals surface area (Å²) in [6.45, 7) is 1.90. The van der Waals surface area contributed by atoms with Crippen LogP contribution in [0.2, 0.25) is 0 Å². The number of amides is 1. The number of fused-ring (bicyclic) bond motifs is 1. The number of anilines is 1. The van der Waals surface area contributed by atoms with E-state index in [9.17, 15) is 4.79 Å². The van der Waals surface area contributed by atoms with Crippen LogP contribution in [0.3, 0.4) is 0 Å². The highest BCUT2D eigenvalue weighted by atomic mass is 32.2. The zero-order valence-electron chi connectivity index (χ0n) is 11.1. The maximum absolute atomic E-state index is 11.1. The summed E-state index contributed by atoms with van der Waals surface area (Å²) in [5, 5.41) is 0. The molecule has 102 valence electrons. The summed E-state index contributed by atoms with van der Waals surface area (Å²) >= 11 is 1.91. The van der Waals surface area contributed by atoms with E-state index in [1.165, 1.54) is 16.1 Å². The SMILES string of the molecule is NC(=O)c1ccc(CN2CCSc3ccccc32)cc1. The molecule has 0 aliphatic carbocycles. The number of carbonyl (C=O) groups is 1. The minimum absolute atomic E-state index is 0.378. The average molecular weight is 284 g/mol. The Morgan fingerprint density at radius 3 is 2.65 bits per heavy atom. The van der Waals surface area contributed by atoms with Crippen molar-refractivity contribution < 1.29 is 4.79 Å². The summed E-state index contributed by atoms with van der Waals surface area (Å²) in [5.74, 6) is 0.729. The third-order valence-corrected chi connectivity index (χ3v) is 4.48. The van der Waals surface area contributed by atoms with Crippen molar-refractivity contribution in [3.63, 3.8) is 0 Å². The predicted octanol–water partition coefficient (Wildman–Crippen LogP) is 2.90. The highest BCUT2D eigenvalue weighted by molar-refractivity contribution is 7.99. The molecule has 0 aromatic heterocycles. The Morgan fingerprint density at radius 1 is 1.15 bits per heavy atom. The van der Waals surface area contributed by atoms with E-state index in [2.05, 4.69) is 29.2 Å². The maximum atomic E-state index is 11.1. The van der Waals surface area contributed by atoms with Crippen molar-refractivity contribution in [2.75, 3.05) is 17.2 Å². The van der Waals surface area contributed by atoms with E-state index in [1.807, 2.05) is 23.9 Å². The molecule has 1 aliphatic heterocycles. The molecule has 0 saturated carbocycles. The Kier molecular flexibility index (Phi) is 3.65. The fourth-order valence-electron chi connectivity index (χ4n) is 2.39. The number of nitrogens with two attached hydrogens (primary N) is 1. The zero-order chi connectivity index (χ0) is 13.9. The second kappa shape index (κ2) is 5.59. The first kappa shape index (κ1) is 13.1. The molecule has 0 unspecified atom stereocenters. The van der Waals surface area contributed by atoms with Gasteiger partial charge >= 0.3 is 0 Å². The largest absolute Gasteiger partial charge is 0.366 e. The Hall–Kier alpha value is -1.94. The maximum Gasteiger partial charge on any atom is 0.248 e. The minimum atomic E-state index is -0.378. The van der Waals surface area contributed by atoms with Crippen LogP contribution in [0.15, 0.2) is 53.4 Å². The van der Waals surface area contributed by atoms with Crippen LogP contribution in [0.4, 0.5) is 5.69 Å². The van der Waals surface area contributed by atoms with Gasteiger partial charge < -0.3 is 10.6 Å². The molecule has 0 radical (unpaired) electrons. The Bertz CT molecular complexity index is 625. The molecule has 0 atom stereocenters. The molecule has 1 heterocycles. The molecule has 1 amide bonds. The number of carbonyl (C=O) groups excluding carboxylic acids is 1. The lowest BCUT2D eigenvalue weighted by Crippen LogP contribution is -2.28. The molecule has 0 fully saturated rings. The van der Waals surface area contributed by atoms with Gasteiger partial charge in [-0.15, -0.1) is 11.8 Å². The van der Waals surface area contributed by atoms with Crippen molar-refractivity contribution in [1.29, 1.82) is 0 Å². The minimum Gasteiger partial charge on any atom is -0.366 e.